The summed E-state index contributed by atoms with van der Waals surface area (Å²) in [6.45, 7) is 2.85. The molecule has 2 unspecified atom stereocenters. The first-order valence-electron chi connectivity index (χ1n) is 5.95. The molecule has 1 heterocycles. The molecule has 2 rings (SSSR count). The molecule has 0 aromatic heterocycles. The van der Waals surface area contributed by atoms with Crippen molar-refractivity contribution in [2.45, 2.75) is 19.4 Å². The maximum atomic E-state index is 12.2. The zero-order valence-electron chi connectivity index (χ0n) is 10.1. The van der Waals surface area contributed by atoms with Crippen molar-refractivity contribution in [2.24, 2.45) is 5.92 Å². The van der Waals surface area contributed by atoms with Gasteiger partial charge in [0.05, 0.1) is 11.7 Å². The quantitative estimate of drug-likeness (QED) is 0.818. The van der Waals surface area contributed by atoms with Crippen LogP contribution in [0.15, 0.2) is 18.2 Å². The molecule has 98 valence electrons. The predicted octanol–water partition coefficient (Wildman–Crippen LogP) is 1.89. The Morgan fingerprint density at radius 1 is 1.50 bits per heavy atom. The molecule has 0 spiro atoms. The summed E-state index contributed by atoms with van der Waals surface area (Å²) >= 11 is 5.82. The number of aliphatic hydroxyl groups excluding tert-OH is 1. The summed E-state index contributed by atoms with van der Waals surface area (Å²) in [5.74, 6) is -0.180. The van der Waals surface area contributed by atoms with Gasteiger partial charge in [0.1, 0.15) is 5.75 Å². The van der Waals surface area contributed by atoms with Gasteiger partial charge in [-0.25, -0.2) is 0 Å². The number of hydrogen-bond donors (Lipinski definition) is 2. The van der Waals surface area contributed by atoms with E-state index >= 15 is 0 Å². The van der Waals surface area contributed by atoms with Crippen molar-refractivity contribution >= 4 is 17.5 Å². The predicted molar refractivity (Wildman–Crippen MR) is 68.8 cm³/mol. The third kappa shape index (κ3) is 2.60. The third-order valence-electron chi connectivity index (χ3n) is 3.39. The van der Waals surface area contributed by atoms with E-state index < -0.39 is 6.10 Å². The van der Waals surface area contributed by atoms with Crippen LogP contribution < -0.4 is 0 Å². The Balaban J connectivity index is 2.19. The summed E-state index contributed by atoms with van der Waals surface area (Å²) in [5.41, 5.74) is 0.184. The minimum atomic E-state index is -0.510. The number of halogens is 1. The van der Waals surface area contributed by atoms with Crippen molar-refractivity contribution in [3.63, 3.8) is 0 Å². The molecule has 18 heavy (non-hydrogen) atoms. The van der Waals surface area contributed by atoms with Gasteiger partial charge in [-0.05, 0) is 30.5 Å². The van der Waals surface area contributed by atoms with E-state index in [1.165, 1.54) is 18.2 Å². The van der Waals surface area contributed by atoms with Gasteiger partial charge < -0.3 is 15.1 Å². The molecule has 1 fully saturated rings. The highest BCUT2D eigenvalue weighted by molar-refractivity contribution is 6.31. The van der Waals surface area contributed by atoms with E-state index in [0.717, 1.165) is 6.42 Å². The zero-order chi connectivity index (χ0) is 13.3. The number of aromatic hydroxyl groups is 1. The Bertz CT molecular complexity index is 464. The number of carbonyl (C=O) groups is 1. The largest absolute Gasteiger partial charge is 0.507 e. The molecule has 2 N–H and O–H groups in total. The molecule has 1 aromatic carbocycles. The number of piperidine rings is 1. The van der Waals surface area contributed by atoms with Crippen molar-refractivity contribution in [3.05, 3.63) is 28.8 Å². The van der Waals surface area contributed by atoms with E-state index in [-0.39, 0.29) is 23.1 Å². The molecule has 2 atom stereocenters. The maximum absolute atomic E-state index is 12.2. The highest BCUT2D eigenvalue weighted by Gasteiger charge is 2.28. The average molecular weight is 270 g/mol. The maximum Gasteiger partial charge on any atom is 0.257 e. The monoisotopic (exact) mass is 269 g/mol. The number of likely N-dealkylation sites (tertiary alicyclic amines) is 1. The second kappa shape index (κ2) is 5.16. The van der Waals surface area contributed by atoms with Crippen molar-refractivity contribution in [1.82, 2.24) is 4.90 Å². The van der Waals surface area contributed by atoms with E-state index in [1.807, 2.05) is 6.92 Å². The number of β-amino-alcohol motifs (C(OH)–C–C–N with tert-alkyl or cyclic N) is 1. The summed E-state index contributed by atoms with van der Waals surface area (Å²) in [5, 5.41) is 19.9. The standard InChI is InChI=1S/C13H16ClNO3/c1-8-4-5-15(7-12(8)17)13(18)10-6-9(14)2-3-11(10)16/h2-3,6,8,12,16-17H,4-5,7H2,1H3. The van der Waals surface area contributed by atoms with E-state index in [2.05, 4.69) is 0 Å². The van der Waals surface area contributed by atoms with Crippen LogP contribution in [0.4, 0.5) is 0 Å². The van der Waals surface area contributed by atoms with Crippen LogP contribution in [0.5, 0.6) is 5.75 Å². The molecule has 0 bridgehead atoms. The van der Waals surface area contributed by atoms with E-state index in [1.54, 1.807) is 4.90 Å². The molecule has 1 aliphatic rings. The van der Waals surface area contributed by atoms with E-state index in [0.29, 0.717) is 18.1 Å². The third-order valence-corrected chi connectivity index (χ3v) is 3.63. The topological polar surface area (TPSA) is 60.8 Å². The number of phenols is 1. The molecule has 0 aliphatic carbocycles. The van der Waals surface area contributed by atoms with Crippen LogP contribution in [0, 0.1) is 5.92 Å². The Labute approximate surface area is 111 Å². The molecule has 1 aromatic rings. The lowest BCUT2D eigenvalue weighted by Gasteiger charge is -2.34. The first-order chi connectivity index (χ1) is 8.49. The molecular weight excluding hydrogens is 254 g/mol. The summed E-state index contributed by atoms with van der Waals surface area (Å²) < 4.78 is 0. The molecule has 0 saturated carbocycles. The highest BCUT2D eigenvalue weighted by atomic mass is 35.5. The van der Waals surface area contributed by atoms with Crippen molar-refractivity contribution in [1.29, 1.82) is 0 Å². The second-order valence-electron chi connectivity index (χ2n) is 4.75. The Morgan fingerprint density at radius 3 is 2.89 bits per heavy atom. The Kier molecular flexibility index (Phi) is 3.78. The molecule has 5 heteroatoms. The van der Waals surface area contributed by atoms with Gasteiger partial charge >= 0.3 is 0 Å². The van der Waals surface area contributed by atoms with Gasteiger partial charge in [-0.3, -0.25) is 4.79 Å². The minimum Gasteiger partial charge on any atom is -0.507 e. The molecule has 0 radical (unpaired) electrons. The lowest BCUT2D eigenvalue weighted by molar-refractivity contribution is 0.0247. The van der Waals surface area contributed by atoms with E-state index in [4.69, 9.17) is 11.6 Å². The first kappa shape index (κ1) is 13.2. The number of nitrogens with zero attached hydrogens (tertiary/aromatic N) is 1. The summed E-state index contributed by atoms with van der Waals surface area (Å²) in [6, 6.07) is 4.38. The van der Waals surface area contributed by atoms with Gasteiger partial charge in [-0.2, -0.15) is 0 Å². The molecule has 4 nitrogen and oxygen atoms in total. The number of carbonyl (C=O) groups excluding carboxylic acids is 1. The number of amides is 1. The number of hydrogen-bond acceptors (Lipinski definition) is 3. The van der Waals surface area contributed by atoms with Gasteiger partial charge in [0.25, 0.3) is 5.91 Å². The fourth-order valence-corrected chi connectivity index (χ4v) is 2.26. The molecule has 1 aliphatic heterocycles. The highest BCUT2D eigenvalue weighted by Crippen LogP contribution is 2.25. The van der Waals surface area contributed by atoms with Crippen LogP contribution >= 0.6 is 11.6 Å². The molecule has 1 amide bonds. The molecule has 1 saturated heterocycles. The van der Waals surface area contributed by atoms with Crippen LogP contribution in [-0.4, -0.2) is 40.2 Å². The summed E-state index contributed by atoms with van der Waals surface area (Å²) in [6.07, 6.45) is 0.248. The van der Waals surface area contributed by atoms with Crippen LogP contribution in [0.2, 0.25) is 5.02 Å². The van der Waals surface area contributed by atoms with Crippen LogP contribution in [0.3, 0.4) is 0 Å². The van der Waals surface area contributed by atoms with Crippen LogP contribution in [0.1, 0.15) is 23.7 Å². The number of phenolic OH excluding ortho intramolecular Hbond substituents is 1. The number of aliphatic hydroxyl groups is 1. The molecular formula is C13H16ClNO3. The Hall–Kier alpha value is -1.26. The van der Waals surface area contributed by atoms with Crippen molar-refractivity contribution in [2.75, 3.05) is 13.1 Å². The van der Waals surface area contributed by atoms with Gasteiger partial charge in [0.15, 0.2) is 0 Å². The lowest BCUT2D eigenvalue weighted by Crippen LogP contribution is -2.45. The number of rotatable bonds is 1. The van der Waals surface area contributed by atoms with Gasteiger partial charge in [0.2, 0.25) is 0 Å². The summed E-state index contributed by atoms with van der Waals surface area (Å²) in [7, 11) is 0. The van der Waals surface area contributed by atoms with Crippen LogP contribution in [0.25, 0.3) is 0 Å². The fraction of sp³-hybridized carbons (Fsp3) is 0.462. The average Bonchev–Trinajstić information content (AvgIpc) is 2.35. The minimum absolute atomic E-state index is 0.0856. The first-order valence-corrected chi connectivity index (χ1v) is 6.32. The van der Waals surface area contributed by atoms with Gasteiger partial charge in [-0.1, -0.05) is 18.5 Å². The second-order valence-corrected chi connectivity index (χ2v) is 5.18. The zero-order valence-corrected chi connectivity index (χ0v) is 10.9. The van der Waals surface area contributed by atoms with Crippen LogP contribution in [-0.2, 0) is 0 Å². The van der Waals surface area contributed by atoms with E-state index in [9.17, 15) is 15.0 Å². The van der Waals surface area contributed by atoms with Crippen molar-refractivity contribution < 1.29 is 15.0 Å². The fourth-order valence-electron chi connectivity index (χ4n) is 2.08. The normalized spacial score (nSPS) is 24.1. The SMILES string of the molecule is CC1CCN(C(=O)c2cc(Cl)ccc2O)CC1O. The summed E-state index contributed by atoms with van der Waals surface area (Å²) in [4.78, 5) is 13.8. The Morgan fingerprint density at radius 2 is 2.22 bits per heavy atom. The van der Waals surface area contributed by atoms with Crippen molar-refractivity contribution in [3.8, 4) is 5.75 Å². The lowest BCUT2D eigenvalue weighted by atomic mass is 9.95. The smallest absolute Gasteiger partial charge is 0.257 e. The number of benzene rings is 1. The van der Waals surface area contributed by atoms with Gasteiger partial charge in [0, 0.05) is 18.1 Å². The van der Waals surface area contributed by atoms with Gasteiger partial charge in [-0.15, -0.1) is 0 Å².